The van der Waals surface area contributed by atoms with Crippen LogP contribution in [0.5, 0.6) is 5.75 Å². The molecular weight excluding hydrogens is 572 g/mol. The van der Waals surface area contributed by atoms with E-state index in [1.165, 1.54) is 37.5 Å². The van der Waals surface area contributed by atoms with Crippen molar-refractivity contribution in [2.75, 3.05) is 31.5 Å². The topological polar surface area (TPSA) is 163 Å². The predicted octanol–water partition coefficient (Wildman–Crippen LogP) is 3.24. The number of aromatic nitrogens is 2. The average Bonchev–Trinajstić information content (AvgIpc) is 3.36. The molecule has 1 aromatic heterocycles. The normalized spacial score (nSPS) is 16.7. The Bertz CT molecular complexity index is 1420. The van der Waals surface area contributed by atoms with Crippen LogP contribution in [-0.4, -0.2) is 71.3 Å². The van der Waals surface area contributed by atoms with E-state index in [1.807, 2.05) is 0 Å². The molecule has 0 bridgehead atoms. The number of hydrogen-bond donors (Lipinski definition) is 5. The van der Waals surface area contributed by atoms with Crippen molar-refractivity contribution in [3.63, 3.8) is 0 Å². The van der Waals surface area contributed by atoms with Crippen LogP contribution in [-0.2, 0) is 9.59 Å². The number of rotatable bonds is 11. The minimum absolute atomic E-state index is 0.0416. The minimum Gasteiger partial charge on any atom is -0.434 e. The summed E-state index contributed by atoms with van der Waals surface area (Å²) in [5.41, 5.74) is 6.01. The fraction of sp³-hybridized carbons (Fsp3) is 0.370. The van der Waals surface area contributed by atoms with E-state index in [0.29, 0.717) is 6.54 Å². The summed E-state index contributed by atoms with van der Waals surface area (Å²) in [7, 11) is 0. The number of likely N-dealkylation sites (tertiary alicyclic amines) is 1. The van der Waals surface area contributed by atoms with E-state index >= 15 is 0 Å². The Morgan fingerprint density at radius 1 is 1.31 bits per heavy atom. The molecule has 0 unspecified atom stereocenters. The van der Waals surface area contributed by atoms with Gasteiger partial charge in [0.1, 0.15) is 28.7 Å². The summed E-state index contributed by atoms with van der Waals surface area (Å²) in [6.07, 6.45) is 8.54. The summed E-state index contributed by atoms with van der Waals surface area (Å²) >= 11 is 6.22. The highest BCUT2D eigenvalue weighted by atomic mass is 35.5. The summed E-state index contributed by atoms with van der Waals surface area (Å²) < 4.78 is 33.0. The number of anilines is 1. The van der Waals surface area contributed by atoms with Crippen molar-refractivity contribution >= 4 is 41.2 Å². The molecule has 0 spiro atoms. The molecule has 15 heteroatoms. The van der Waals surface area contributed by atoms with E-state index in [0.717, 1.165) is 38.9 Å². The summed E-state index contributed by atoms with van der Waals surface area (Å²) in [4.78, 5) is 30.9. The Morgan fingerprint density at radius 2 is 2.07 bits per heavy atom. The van der Waals surface area contributed by atoms with E-state index in [2.05, 4.69) is 25.8 Å². The first-order chi connectivity index (χ1) is 20.1. The van der Waals surface area contributed by atoms with Crippen molar-refractivity contribution in [2.24, 2.45) is 10.7 Å². The maximum Gasteiger partial charge on any atom is 0.387 e. The number of nitrogens with zero attached hydrogens (tertiary/aromatic N) is 4. The van der Waals surface area contributed by atoms with Gasteiger partial charge in [-0.2, -0.15) is 13.9 Å². The molecule has 2 amide bonds. The van der Waals surface area contributed by atoms with Crippen LogP contribution in [0, 0.1) is 5.41 Å². The number of carbonyl (C=O) groups excluding carboxylic acids is 2. The quantitative estimate of drug-likeness (QED) is 0.114. The first kappa shape index (κ1) is 30.7. The number of hydrogen-bond acceptors (Lipinski definition) is 8. The van der Waals surface area contributed by atoms with Crippen molar-refractivity contribution in [3.05, 3.63) is 53.1 Å². The zero-order valence-electron chi connectivity index (χ0n) is 22.9. The van der Waals surface area contributed by atoms with Crippen LogP contribution in [0.3, 0.4) is 0 Å². The lowest BCUT2D eigenvalue weighted by Crippen LogP contribution is -2.36. The lowest BCUT2D eigenvalue weighted by atomic mass is 10.1. The third-order valence-electron chi connectivity index (χ3n) is 6.69. The second-order valence-electron chi connectivity index (χ2n) is 9.67. The van der Waals surface area contributed by atoms with Crippen LogP contribution in [0.1, 0.15) is 32.2 Å². The van der Waals surface area contributed by atoms with Gasteiger partial charge in [-0.05, 0) is 50.1 Å². The molecule has 12 nitrogen and oxygen atoms in total. The van der Waals surface area contributed by atoms with Gasteiger partial charge in [0, 0.05) is 55.8 Å². The molecule has 0 aliphatic carbocycles. The van der Waals surface area contributed by atoms with Crippen molar-refractivity contribution in [2.45, 2.75) is 38.8 Å². The van der Waals surface area contributed by atoms with E-state index < -0.39 is 18.4 Å². The van der Waals surface area contributed by atoms with Crippen LogP contribution in [0.4, 0.5) is 14.5 Å². The third kappa shape index (κ3) is 7.91. The van der Waals surface area contributed by atoms with Crippen LogP contribution in [0.2, 0.25) is 5.02 Å². The number of amides is 2. The van der Waals surface area contributed by atoms with Crippen LogP contribution < -0.4 is 26.4 Å². The van der Waals surface area contributed by atoms with Crippen molar-refractivity contribution in [1.82, 2.24) is 25.3 Å². The van der Waals surface area contributed by atoms with Gasteiger partial charge in [-0.3, -0.25) is 19.7 Å². The number of ether oxygens (including phenoxy) is 1. The number of alkyl halides is 2. The fourth-order valence-electron chi connectivity index (χ4n) is 4.73. The molecule has 2 aliphatic heterocycles. The first-order valence-electron chi connectivity index (χ1n) is 13.3. The van der Waals surface area contributed by atoms with E-state index in [9.17, 15) is 18.4 Å². The van der Waals surface area contributed by atoms with E-state index in [-0.39, 0.29) is 51.1 Å². The molecule has 2 aromatic rings. The van der Waals surface area contributed by atoms with Crippen LogP contribution in [0.25, 0.3) is 11.3 Å². The lowest BCUT2D eigenvalue weighted by molar-refractivity contribution is -0.119. The smallest absolute Gasteiger partial charge is 0.387 e. The SMILES string of the molecule is CC(=O)NCCCN1CCC(n2cc(NC(=O)/C(C(=N)N)=C3\N=CC=CN3)c(-c3cc(Cl)ccc3OC(F)F)n2)CC1. The number of benzene rings is 1. The number of carbonyl (C=O) groups is 2. The van der Waals surface area contributed by atoms with Gasteiger partial charge in [-0.15, -0.1) is 0 Å². The Balaban J connectivity index is 1.63. The van der Waals surface area contributed by atoms with Gasteiger partial charge in [0.05, 0.1) is 11.7 Å². The Kier molecular flexibility index (Phi) is 10.3. The van der Waals surface area contributed by atoms with E-state index in [1.54, 1.807) is 17.0 Å². The van der Waals surface area contributed by atoms with Gasteiger partial charge in [0.25, 0.3) is 5.91 Å². The van der Waals surface area contributed by atoms with Gasteiger partial charge in [-0.1, -0.05) is 11.6 Å². The van der Waals surface area contributed by atoms with Crippen molar-refractivity contribution < 1.29 is 23.1 Å². The highest BCUT2D eigenvalue weighted by molar-refractivity contribution is 6.31. The highest BCUT2D eigenvalue weighted by Crippen LogP contribution is 2.38. The van der Waals surface area contributed by atoms with Gasteiger partial charge in [-0.25, -0.2) is 4.99 Å². The molecule has 6 N–H and O–H groups in total. The number of nitrogens with one attached hydrogen (secondary N) is 4. The predicted molar refractivity (Wildman–Crippen MR) is 156 cm³/mol. The second kappa shape index (κ2) is 14.0. The summed E-state index contributed by atoms with van der Waals surface area (Å²) in [6, 6.07) is 4.11. The van der Waals surface area contributed by atoms with Crippen LogP contribution in [0.15, 0.2) is 53.1 Å². The van der Waals surface area contributed by atoms with Gasteiger partial charge < -0.3 is 31.3 Å². The zero-order chi connectivity index (χ0) is 30.2. The Labute approximate surface area is 246 Å². The number of allylic oxidation sites excluding steroid dienone is 1. The lowest BCUT2D eigenvalue weighted by Gasteiger charge is -2.32. The number of amidine groups is 1. The molecule has 3 heterocycles. The van der Waals surface area contributed by atoms with Gasteiger partial charge in [0.15, 0.2) is 0 Å². The number of piperidine rings is 1. The zero-order valence-corrected chi connectivity index (χ0v) is 23.6. The third-order valence-corrected chi connectivity index (χ3v) is 6.92. The monoisotopic (exact) mass is 603 g/mol. The van der Waals surface area contributed by atoms with Crippen molar-refractivity contribution in [1.29, 1.82) is 5.41 Å². The molecule has 0 radical (unpaired) electrons. The van der Waals surface area contributed by atoms with Gasteiger partial charge >= 0.3 is 6.61 Å². The Morgan fingerprint density at radius 3 is 2.71 bits per heavy atom. The minimum atomic E-state index is -3.10. The molecule has 1 saturated heterocycles. The highest BCUT2D eigenvalue weighted by Gasteiger charge is 2.27. The Hall–Kier alpha value is -4.30. The fourth-order valence-corrected chi connectivity index (χ4v) is 4.91. The molecule has 1 fully saturated rings. The molecular formula is C27H32ClF2N9O3. The molecule has 2 aliphatic rings. The number of aliphatic imine (C=N–C) groups is 1. The second-order valence-corrected chi connectivity index (χ2v) is 10.1. The maximum absolute atomic E-state index is 13.4. The maximum atomic E-state index is 13.4. The summed E-state index contributed by atoms with van der Waals surface area (Å²) in [5, 5.41) is 21.2. The number of nitrogens with two attached hydrogens (primary N) is 1. The molecule has 0 atom stereocenters. The number of halogens is 3. The average molecular weight is 604 g/mol. The molecule has 1 aromatic carbocycles. The molecule has 0 saturated carbocycles. The molecule has 4 rings (SSSR count). The van der Waals surface area contributed by atoms with Crippen molar-refractivity contribution in [3.8, 4) is 17.0 Å². The molecule has 224 valence electrons. The van der Waals surface area contributed by atoms with Crippen LogP contribution >= 0.6 is 11.6 Å². The largest absolute Gasteiger partial charge is 0.434 e. The first-order valence-corrected chi connectivity index (χ1v) is 13.7. The van der Waals surface area contributed by atoms with Gasteiger partial charge in [0.2, 0.25) is 5.91 Å². The van der Waals surface area contributed by atoms with E-state index in [4.69, 9.17) is 32.6 Å². The molecule has 42 heavy (non-hydrogen) atoms. The summed E-state index contributed by atoms with van der Waals surface area (Å²) in [5.74, 6) is -1.42. The summed E-state index contributed by atoms with van der Waals surface area (Å²) in [6.45, 7) is 1.41. The standard InChI is InChI=1S/C27H32ClF2N9O3/c1-16(40)33-10-3-11-38-12-6-18(7-13-38)39-15-20(36-26(41)22(24(31)32)25-34-8-2-9-35-25)23(37-39)19-14-17(28)4-5-21(19)42-27(29)30/h2,4-5,8-9,14-15,18,27,34H,3,6-7,10-13H2,1H3,(H3,31,32)(H,33,40)(H,36,41)/b25-22-.